The van der Waals surface area contributed by atoms with E-state index >= 15 is 0 Å². The highest BCUT2D eigenvalue weighted by Crippen LogP contribution is 2.23. The van der Waals surface area contributed by atoms with Crippen LogP contribution in [0.4, 0.5) is 17.3 Å². The molecule has 1 saturated carbocycles. The summed E-state index contributed by atoms with van der Waals surface area (Å²) in [6.45, 7) is 0. The molecule has 3 rings (SSSR count). The van der Waals surface area contributed by atoms with E-state index in [4.69, 9.17) is 11.6 Å². The molecular weight excluding hydrogens is 272 g/mol. The predicted molar refractivity (Wildman–Crippen MR) is 82.6 cm³/mol. The van der Waals surface area contributed by atoms with E-state index in [0.29, 0.717) is 6.04 Å². The molecule has 0 bridgehead atoms. The van der Waals surface area contributed by atoms with E-state index in [1.54, 1.807) is 6.33 Å². The lowest BCUT2D eigenvalue weighted by Crippen LogP contribution is -2.15. The molecule has 1 aromatic heterocycles. The zero-order valence-corrected chi connectivity index (χ0v) is 11.9. The van der Waals surface area contributed by atoms with Crippen LogP contribution in [0.3, 0.4) is 0 Å². The molecule has 4 nitrogen and oxygen atoms in total. The van der Waals surface area contributed by atoms with Crippen molar-refractivity contribution in [3.05, 3.63) is 41.7 Å². The lowest BCUT2D eigenvalue weighted by Gasteiger charge is -2.13. The standard InChI is InChI=1S/C15H17ClN4/c16-11-5-7-13(8-6-11)20-15-9-14(17-10-18-15)19-12-3-1-2-4-12/h5-10,12H,1-4H2,(H2,17,18,19,20). The minimum Gasteiger partial charge on any atom is -0.367 e. The third-order valence-corrected chi connectivity index (χ3v) is 3.74. The Labute approximate surface area is 123 Å². The van der Waals surface area contributed by atoms with Gasteiger partial charge in [-0.05, 0) is 37.1 Å². The van der Waals surface area contributed by atoms with E-state index in [1.807, 2.05) is 30.3 Å². The summed E-state index contributed by atoms with van der Waals surface area (Å²) in [5.74, 6) is 1.66. The molecule has 0 unspecified atom stereocenters. The Bertz CT molecular complexity index is 564. The third kappa shape index (κ3) is 3.39. The van der Waals surface area contributed by atoms with Crippen molar-refractivity contribution in [1.29, 1.82) is 0 Å². The van der Waals surface area contributed by atoms with Crippen molar-refractivity contribution in [2.45, 2.75) is 31.7 Å². The molecular formula is C15H17ClN4. The summed E-state index contributed by atoms with van der Waals surface area (Å²) in [5, 5.41) is 7.43. The van der Waals surface area contributed by atoms with Gasteiger partial charge in [0.05, 0.1) is 0 Å². The molecule has 20 heavy (non-hydrogen) atoms. The lowest BCUT2D eigenvalue weighted by molar-refractivity contribution is 0.750. The molecule has 0 spiro atoms. The largest absolute Gasteiger partial charge is 0.367 e. The van der Waals surface area contributed by atoms with Crippen LogP contribution in [-0.4, -0.2) is 16.0 Å². The number of nitrogens with zero attached hydrogens (tertiary/aromatic N) is 2. The molecule has 1 aromatic carbocycles. The lowest BCUT2D eigenvalue weighted by atomic mass is 10.2. The number of aromatic nitrogens is 2. The van der Waals surface area contributed by atoms with E-state index in [2.05, 4.69) is 20.6 Å². The van der Waals surface area contributed by atoms with Crippen LogP contribution in [0.25, 0.3) is 0 Å². The van der Waals surface area contributed by atoms with Crippen LogP contribution in [0.5, 0.6) is 0 Å². The minimum absolute atomic E-state index is 0.549. The van der Waals surface area contributed by atoms with Gasteiger partial charge in [-0.1, -0.05) is 24.4 Å². The van der Waals surface area contributed by atoms with Crippen LogP contribution < -0.4 is 10.6 Å². The van der Waals surface area contributed by atoms with Crippen molar-refractivity contribution in [3.63, 3.8) is 0 Å². The smallest absolute Gasteiger partial charge is 0.135 e. The molecule has 1 heterocycles. The molecule has 1 fully saturated rings. The Balaban J connectivity index is 1.68. The fraction of sp³-hybridized carbons (Fsp3) is 0.333. The molecule has 5 heteroatoms. The maximum atomic E-state index is 5.87. The number of rotatable bonds is 4. The summed E-state index contributed by atoms with van der Waals surface area (Å²) >= 11 is 5.87. The second kappa shape index (κ2) is 6.09. The van der Waals surface area contributed by atoms with Gasteiger partial charge < -0.3 is 10.6 Å². The molecule has 2 N–H and O–H groups in total. The van der Waals surface area contributed by atoms with Crippen LogP contribution >= 0.6 is 11.6 Å². The van der Waals surface area contributed by atoms with E-state index in [-0.39, 0.29) is 0 Å². The summed E-state index contributed by atoms with van der Waals surface area (Å²) < 4.78 is 0. The van der Waals surface area contributed by atoms with Gasteiger partial charge in [-0.2, -0.15) is 0 Å². The van der Waals surface area contributed by atoms with Crippen molar-refractivity contribution in [2.75, 3.05) is 10.6 Å². The number of hydrogen-bond donors (Lipinski definition) is 2. The molecule has 1 aliphatic carbocycles. The number of nitrogens with one attached hydrogen (secondary N) is 2. The fourth-order valence-corrected chi connectivity index (χ4v) is 2.59. The average Bonchev–Trinajstić information content (AvgIpc) is 2.95. The molecule has 2 aromatic rings. The van der Waals surface area contributed by atoms with Crippen molar-refractivity contribution in [3.8, 4) is 0 Å². The maximum absolute atomic E-state index is 5.87. The van der Waals surface area contributed by atoms with Crippen molar-refractivity contribution in [1.82, 2.24) is 9.97 Å². The maximum Gasteiger partial charge on any atom is 0.135 e. The van der Waals surface area contributed by atoms with Gasteiger partial charge in [0.25, 0.3) is 0 Å². The Hall–Kier alpha value is -1.81. The molecule has 0 radical (unpaired) electrons. The predicted octanol–water partition coefficient (Wildman–Crippen LogP) is 4.23. The van der Waals surface area contributed by atoms with Crippen molar-refractivity contribution >= 4 is 28.9 Å². The van der Waals surface area contributed by atoms with Crippen LogP contribution in [0.2, 0.25) is 5.02 Å². The zero-order valence-electron chi connectivity index (χ0n) is 11.1. The second-order valence-electron chi connectivity index (χ2n) is 5.05. The van der Waals surface area contributed by atoms with Crippen molar-refractivity contribution < 1.29 is 0 Å². The van der Waals surface area contributed by atoms with Gasteiger partial charge in [0.1, 0.15) is 18.0 Å². The summed E-state index contributed by atoms with van der Waals surface area (Å²) in [5.41, 5.74) is 0.958. The fourth-order valence-electron chi connectivity index (χ4n) is 2.46. The van der Waals surface area contributed by atoms with E-state index < -0.39 is 0 Å². The van der Waals surface area contributed by atoms with Gasteiger partial charge in [0.15, 0.2) is 0 Å². The van der Waals surface area contributed by atoms with Gasteiger partial charge in [-0.3, -0.25) is 0 Å². The van der Waals surface area contributed by atoms with Crippen LogP contribution in [-0.2, 0) is 0 Å². The van der Waals surface area contributed by atoms with Crippen LogP contribution in [0.1, 0.15) is 25.7 Å². The summed E-state index contributed by atoms with van der Waals surface area (Å²) in [6, 6.07) is 10.0. The van der Waals surface area contributed by atoms with Crippen LogP contribution in [0.15, 0.2) is 36.7 Å². The first-order chi connectivity index (χ1) is 9.79. The first-order valence-corrected chi connectivity index (χ1v) is 7.28. The highest BCUT2D eigenvalue weighted by Gasteiger charge is 2.15. The molecule has 0 amide bonds. The first-order valence-electron chi connectivity index (χ1n) is 6.91. The highest BCUT2D eigenvalue weighted by molar-refractivity contribution is 6.30. The third-order valence-electron chi connectivity index (χ3n) is 3.49. The SMILES string of the molecule is Clc1ccc(Nc2cc(NC3CCCC3)ncn2)cc1. The normalized spacial score (nSPS) is 15.2. The molecule has 0 atom stereocenters. The summed E-state index contributed by atoms with van der Waals surface area (Å²) in [6.07, 6.45) is 6.64. The first kappa shape index (κ1) is 13.2. The Morgan fingerprint density at radius 2 is 1.70 bits per heavy atom. The summed E-state index contributed by atoms with van der Waals surface area (Å²) in [7, 11) is 0. The Morgan fingerprint density at radius 1 is 1.00 bits per heavy atom. The van der Waals surface area contributed by atoms with E-state index in [0.717, 1.165) is 22.3 Å². The Kier molecular flexibility index (Phi) is 4.02. The van der Waals surface area contributed by atoms with Crippen molar-refractivity contribution in [2.24, 2.45) is 0 Å². The van der Waals surface area contributed by atoms with Gasteiger partial charge >= 0.3 is 0 Å². The second-order valence-corrected chi connectivity index (χ2v) is 5.48. The van der Waals surface area contributed by atoms with Gasteiger partial charge in [-0.15, -0.1) is 0 Å². The minimum atomic E-state index is 0.549. The number of anilines is 3. The van der Waals surface area contributed by atoms with Gasteiger partial charge in [0.2, 0.25) is 0 Å². The Morgan fingerprint density at radius 3 is 2.45 bits per heavy atom. The molecule has 0 aliphatic heterocycles. The molecule has 1 aliphatic rings. The number of hydrogen-bond acceptors (Lipinski definition) is 4. The van der Waals surface area contributed by atoms with Crippen LogP contribution in [0, 0.1) is 0 Å². The molecule has 0 saturated heterocycles. The zero-order chi connectivity index (χ0) is 13.8. The van der Waals surface area contributed by atoms with Gasteiger partial charge in [0, 0.05) is 22.8 Å². The molecule has 104 valence electrons. The number of halogens is 1. The number of benzene rings is 1. The highest BCUT2D eigenvalue weighted by atomic mass is 35.5. The monoisotopic (exact) mass is 288 g/mol. The van der Waals surface area contributed by atoms with E-state index in [1.165, 1.54) is 25.7 Å². The van der Waals surface area contributed by atoms with E-state index in [9.17, 15) is 0 Å². The van der Waals surface area contributed by atoms with Gasteiger partial charge in [-0.25, -0.2) is 9.97 Å². The average molecular weight is 289 g/mol. The quantitative estimate of drug-likeness (QED) is 0.884. The topological polar surface area (TPSA) is 49.8 Å². The summed E-state index contributed by atoms with van der Waals surface area (Å²) in [4.78, 5) is 8.51.